The van der Waals surface area contributed by atoms with Crippen LogP contribution in [0.1, 0.15) is 141 Å². The first kappa shape index (κ1) is 64.3. The lowest BCUT2D eigenvalue weighted by atomic mass is 10.0. The Balaban J connectivity index is 0.000000179. The fourth-order valence-electron chi connectivity index (χ4n) is 13.1. The van der Waals surface area contributed by atoms with Crippen molar-refractivity contribution in [2.45, 2.75) is 200 Å². The van der Waals surface area contributed by atoms with Crippen LogP contribution in [-0.2, 0) is 48.8 Å². The Morgan fingerprint density at radius 1 is 0.620 bits per heavy atom. The van der Waals surface area contributed by atoms with Crippen molar-refractivity contribution in [2.24, 2.45) is 17.6 Å². The third kappa shape index (κ3) is 13.5. The lowest BCUT2D eigenvalue weighted by molar-refractivity contribution is -0.140. The molecule has 492 valence electrons. The van der Waals surface area contributed by atoms with Crippen LogP contribution in [0.2, 0.25) is 0 Å². The number of aromatic nitrogens is 2. The van der Waals surface area contributed by atoms with Gasteiger partial charge in [0.1, 0.15) is 63.9 Å². The maximum Gasteiger partial charge on any atom is 0.259 e. The topological polar surface area (TPSA) is 334 Å². The van der Waals surface area contributed by atoms with E-state index in [4.69, 9.17) is 24.0 Å². The van der Waals surface area contributed by atoms with E-state index in [9.17, 15) is 45.6 Å². The van der Waals surface area contributed by atoms with Gasteiger partial charge in [-0.25, -0.2) is 26.8 Å². The Morgan fingerprint density at radius 2 is 1.08 bits per heavy atom. The number of rotatable bonds is 12. The van der Waals surface area contributed by atoms with E-state index in [-0.39, 0.29) is 62.4 Å². The number of benzene rings is 3. The van der Waals surface area contributed by atoms with Gasteiger partial charge >= 0.3 is 0 Å². The van der Waals surface area contributed by atoms with Gasteiger partial charge in [-0.3, -0.25) is 38.2 Å². The molecule has 24 nitrogen and oxygen atoms in total. The van der Waals surface area contributed by atoms with Gasteiger partial charge in [-0.1, -0.05) is 68.2 Å². The number of para-hydroxylation sites is 1. The molecule has 4 aliphatic heterocycles. The number of amides is 6. The van der Waals surface area contributed by atoms with Crippen LogP contribution in [0.4, 0.5) is 5.69 Å². The smallest absolute Gasteiger partial charge is 0.259 e. The Hall–Kier alpha value is -7.84. The minimum absolute atomic E-state index is 0.135. The third-order valence-corrected chi connectivity index (χ3v) is 24.0. The maximum atomic E-state index is 14.4. The molecule has 10 atom stereocenters. The summed E-state index contributed by atoms with van der Waals surface area (Å²) < 4.78 is 78.3. The first-order valence-electron chi connectivity index (χ1n) is 32.2. The van der Waals surface area contributed by atoms with E-state index in [0.29, 0.717) is 84.0 Å². The molecule has 7 N–H and O–H groups in total. The molecule has 0 unspecified atom stereocenters. The largest absolute Gasteiger partial charge is 0.488 e. The second kappa shape index (κ2) is 25.2. The van der Waals surface area contributed by atoms with E-state index in [1.165, 1.54) is 4.90 Å². The highest BCUT2D eigenvalue weighted by atomic mass is 32.2. The summed E-state index contributed by atoms with van der Waals surface area (Å²) in [5, 5.41) is 9.21. The highest BCUT2D eigenvalue weighted by Gasteiger charge is 2.65. The van der Waals surface area contributed by atoms with Gasteiger partial charge in [0.05, 0.1) is 28.6 Å². The molecule has 0 radical (unpaired) electrons. The van der Waals surface area contributed by atoms with Gasteiger partial charge in [-0.2, -0.15) is 0 Å². The maximum absolute atomic E-state index is 14.4. The zero-order chi connectivity index (χ0) is 65.0. The Kier molecular flexibility index (Phi) is 17.6. The van der Waals surface area contributed by atoms with E-state index < -0.39 is 101 Å². The van der Waals surface area contributed by atoms with Crippen molar-refractivity contribution in [3.63, 3.8) is 0 Å². The van der Waals surface area contributed by atoms with Gasteiger partial charge in [-0.15, -0.1) is 0 Å². The lowest BCUT2D eigenvalue weighted by Crippen LogP contribution is -2.58. The van der Waals surface area contributed by atoms with E-state index in [0.717, 1.165) is 57.1 Å². The molecule has 6 amide bonds. The first-order chi connectivity index (χ1) is 43.9. The number of carbonyl (C=O) groups excluding carboxylic acids is 6. The van der Waals surface area contributed by atoms with Crippen LogP contribution in [0.5, 0.6) is 11.5 Å². The summed E-state index contributed by atoms with van der Waals surface area (Å²) >= 11 is 0. The van der Waals surface area contributed by atoms with Gasteiger partial charge in [0.2, 0.25) is 43.7 Å². The van der Waals surface area contributed by atoms with Crippen molar-refractivity contribution in [3.8, 4) is 11.5 Å². The number of sulfonamides is 2. The summed E-state index contributed by atoms with van der Waals surface area (Å²) in [4.78, 5) is 95.2. The first-order valence-corrected chi connectivity index (χ1v) is 35.2. The van der Waals surface area contributed by atoms with Crippen molar-refractivity contribution in [3.05, 3.63) is 103 Å². The van der Waals surface area contributed by atoms with Crippen LogP contribution in [0.15, 0.2) is 99.9 Å². The molecule has 13 rings (SSSR count). The number of allylic oxidation sites excluding steroid dienone is 2. The number of hydrogen-bond acceptors (Lipinski definition) is 18. The molecule has 4 saturated carbocycles. The molecule has 6 fully saturated rings. The van der Waals surface area contributed by atoms with Crippen molar-refractivity contribution >= 4 is 83.4 Å². The molecular weight excluding hydrogens is 1220 g/mol. The van der Waals surface area contributed by atoms with Crippen LogP contribution in [0.25, 0.3) is 22.2 Å². The number of nitrogens with one attached hydrogen (secondary N) is 5. The number of oxazole rings is 2. The van der Waals surface area contributed by atoms with E-state index in [1.54, 1.807) is 69.0 Å². The SMILES string of the molecule is Cc1nc2cc(O[C@@H]3C[C@H]4C(=O)N[C@]5(C(=O)NS(=O)(=O)C6(C)CC6)C[C@H]5/C=C\CCCCC[C@H](N)C(=O)N4C3)ccc2o1.Cc1nc2cc(O[C@@H]3C[C@H]4C(=O)N[C@]5(C(=O)NS(=O)(=O)C6(C)CC6)C[C@H]5/C=C\CCCCC[C@H](Nc5ccccc5)C(=O)N4C3)ccc2o1. The zero-order valence-corrected chi connectivity index (χ0v) is 54.0. The number of nitrogens with zero attached hydrogens (tertiary/aromatic N) is 4. The summed E-state index contributed by atoms with van der Waals surface area (Å²) in [7, 11) is -7.84. The molecule has 5 aromatic rings. The molecule has 92 heavy (non-hydrogen) atoms. The number of nitrogens with two attached hydrogens (primary N) is 1. The van der Waals surface area contributed by atoms with E-state index in [2.05, 4.69) is 35.4 Å². The van der Waals surface area contributed by atoms with Gasteiger partial charge in [0, 0.05) is 56.3 Å². The van der Waals surface area contributed by atoms with Gasteiger partial charge in [0.15, 0.2) is 22.9 Å². The van der Waals surface area contributed by atoms with Crippen LogP contribution in [-0.4, -0.2) is 142 Å². The molecule has 0 spiro atoms. The minimum Gasteiger partial charge on any atom is -0.488 e. The summed E-state index contributed by atoms with van der Waals surface area (Å²) in [5.41, 5.74) is 6.79. The lowest BCUT2D eigenvalue weighted by Gasteiger charge is -2.30. The summed E-state index contributed by atoms with van der Waals surface area (Å²) in [6, 6.07) is 16.8. The van der Waals surface area contributed by atoms with Crippen molar-refractivity contribution < 1.29 is 63.9 Å². The zero-order valence-electron chi connectivity index (χ0n) is 52.3. The van der Waals surface area contributed by atoms with Gasteiger partial charge in [0.25, 0.3) is 11.8 Å². The highest BCUT2D eigenvalue weighted by Crippen LogP contribution is 2.49. The molecule has 8 aliphatic rings. The molecule has 6 heterocycles. The quantitative estimate of drug-likeness (QED) is 0.0720. The molecular formula is C66H82N10O14S2. The fourth-order valence-corrected chi connectivity index (χ4v) is 15.7. The Morgan fingerprint density at radius 3 is 1.54 bits per heavy atom. The van der Waals surface area contributed by atoms with Crippen LogP contribution >= 0.6 is 0 Å². The van der Waals surface area contributed by atoms with Gasteiger partial charge < -0.3 is 49.8 Å². The van der Waals surface area contributed by atoms with E-state index in [1.807, 2.05) is 54.6 Å². The fraction of sp³-hybridized carbons (Fsp3) is 0.545. The van der Waals surface area contributed by atoms with Crippen molar-refractivity contribution in [1.82, 2.24) is 39.8 Å². The highest BCUT2D eigenvalue weighted by molar-refractivity contribution is 7.92. The number of carbonyl (C=O) groups is 6. The number of ether oxygens (including phenoxy) is 2. The standard InChI is InChI=1S/C36H43N5O7S.C30H39N5O7S/c1-23-37-29-19-26(15-16-31(29)47-23)48-27-20-30-32(42)39-36(34(44)40-49(45,46)35(2)17-18-35)21-24(36)11-7-4-3-5-10-14-28(33(43)41(30)22-27)38-25-12-8-6-9-13-25;1-18-32-23-14-20(10-11-25(23)41-18)42-21-15-24-26(36)33-30(28(38)34-43(39,40)29(2)12-13-29)16-19(30)8-6-4-3-5-7-9-22(31)27(37)35(24)17-21/h6-9,11-13,15-16,19,24,27-28,30,38H,3-5,10,14,17-18,20-22H2,1-2H3,(H,39,42)(H,40,44);6,8,10-11,14,19,21-22,24H,3-5,7,9,12-13,15-17,31H2,1-2H3,(H,33,36)(H,34,38)/b11-7-;8-6-/t24-,27-,28+,30+,36-;19-,21-,22+,24+,30-/m11/s1. The summed E-state index contributed by atoms with van der Waals surface area (Å²) in [6.07, 6.45) is 17.3. The van der Waals surface area contributed by atoms with Crippen LogP contribution in [0, 0.1) is 25.7 Å². The molecule has 26 heteroatoms. The van der Waals surface area contributed by atoms with Crippen LogP contribution in [0.3, 0.4) is 0 Å². The predicted octanol–water partition coefficient (Wildman–Crippen LogP) is 6.56. The number of hydrogen-bond donors (Lipinski definition) is 6. The predicted molar refractivity (Wildman–Crippen MR) is 340 cm³/mol. The van der Waals surface area contributed by atoms with Crippen molar-refractivity contribution in [2.75, 3.05) is 18.4 Å². The molecule has 2 saturated heterocycles. The Bertz CT molecular complexity index is 3980. The van der Waals surface area contributed by atoms with E-state index >= 15 is 0 Å². The van der Waals surface area contributed by atoms with Crippen molar-refractivity contribution in [1.29, 1.82) is 0 Å². The monoisotopic (exact) mass is 1300 g/mol. The Labute approximate surface area is 535 Å². The van der Waals surface area contributed by atoms with Gasteiger partial charge in [-0.05, 0) is 127 Å². The summed E-state index contributed by atoms with van der Waals surface area (Å²) in [6.45, 7) is 7.02. The molecule has 0 bridgehead atoms. The normalized spacial score (nSPS) is 30.3. The average molecular weight is 1300 g/mol. The molecule has 3 aromatic carbocycles. The number of fused-ring (bicyclic) bond motifs is 6. The molecule has 4 aliphatic carbocycles. The second-order valence-electron chi connectivity index (χ2n) is 26.8. The third-order valence-electron chi connectivity index (χ3n) is 19.6. The second-order valence-corrected chi connectivity index (χ2v) is 31.2. The number of anilines is 1. The summed E-state index contributed by atoms with van der Waals surface area (Å²) in [5.74, 6) is -1.74. The number of aryl methyl sites for hydroxylation is 2. The molecule has 2 aromatic heterocycles. The average Bonchev–Trinajstić information content (AvgIpc) is 1.58. The minimum atomic E-state index is -3.93. The van der Waals surface area contributed by atoms with Crippen LogP contribution < -0.4 is 40.6 Å².